The second kappa shape index (κ2) is 6.07. The molecule has 3 aromatic rings. The van der Waals surface area contributed by atoms with Crippen molar-refractivity contribution in [3.8, 4) is 10.7 Å². The van der Waals surface area contributed by atoms with Gasteiger partial charge in [0.25, 0.3) is 0 Å². The molecule has 0 fully saturated rings. The molecule has 0 aliphatic heterocycles. The van der Waals surface area contributed by atoms with Gasteiger partial charge in [-0.25, -0.2) is 9.78 Å². The number of pyridine rings is 1. The Hall–Kier alpha value is -2.54. The number of rotatable bonds is 5. The van der Waals surface area contributed by atoms with Gasteiger partial charge in [-0.15, -0.1) is 11.3 Å². The van der Waals surface area contributed by atoms with Gasteiger partial charge in [0.15, 0.2) is 0 Å². The molecule has 3 heterocycles. The summed E-state index contributed by atoms with van der Waals surface area (Å²) < 4.78 is 1.82. The fourth-order valence-electron chi connectivity index (χ4n) is 2.08. The second-order valence-corrected chi connectivity index (χ2v) is 5.77. The van der Waals surface area contributed by atoms with Crippen molar-refractivity contribution in [3.05, 3.63) is 52.9 Å². The van der Waals surface area contributed by atoms with E-state index >= 15 is 0 Å². The zero-order chi connectivity index (χ0) is 15.5. The van der Waals surface area contributed by atoms with Crippen LogP contribution in [0.4, 0.5) is 0 Å². The van der Waals surface area contributed by atoms with E-state index in [1.807, 2.05) is 35.1 Å². The van der Waals surface area contributed by atoms with Gasteiger partial charge in [-0.3, -0.25) is 9.67 Å². The van der Waals surface area contributed by atoms with E-state index < -0.39 is 5.97 Å². The van der Waals surface area contributed by atoms with Crippen molar-refractivity contribution >= 4 is 17.3 Å². The maximum Gasteiger partial charge on any atom is 0.347 e. The predicted octanol–water partition coefficient (Wildman–Crippen LogP) is 2.65. The van der Waals surface area contributed by atoms with Gasteiger partial charge >= 0.3 is 5.97 Å². The molecular weight excluding hydrogens is 300 g/mol. The van der Waals surface area contributed by atoms with Gasteiger partial charge < -0.3 is 5.11 Å². The van der Waals surface area contributed by atoms with Gasteiger partial charge in [0.2, 0.25) is 0 Å². The van der Waals surface area contributed by atoms with Crippen LogP contribution >= 0.6 is 11.3 Å². The molecule has 0 bridgehead atoms. The van der Waals surface area contributed by atoms with Gasteiger partial charge in [-0.2, -0.15) is 5.10 Å². The lowest BCUT2D eigenvalue weighted by Crippen LogP contribution is -2.03. The minimum Gasteiger partial charge on any atom is -0.477 e. The van der Waals surface area contributed by atoms with E-state index in [1.165, 1.54) is 0 Å². The first-order chi connectivity index (χ1) is 10.6. The third kappa shape index (κ3) is 3.04. The average molecular weight is 314 g/mol. The molecule has 0 saturated heterocycles. The van der Waals surface area contributed by atoms with Gasteiger partial charge in [0, 0.05) is 31.1 Å². The predicted molar refractivity (Wildman–Crippen MR) is 83.0 cm³/mol. The number of hydrogen-bond acceptors (Lipinski definition) is 5. The molecule has 1 N–H and O–H groups in total. The van der Waals surface area contributed by atoms with Crippen molar-refractivity contribution in [1.82, 2.24) is 19.7 Å². The van der Waals surface area contributed by atoms with Gasteiger partial charge in [-0.1, -0.05) is 6.07 Å². The molecule has 3 rings (SSSR count). The SMILES string of the molecule is Cc1nc(-c2ccn(CCc3ccccn3)n2)sc1C(=O)O. The van der Waals surface area contributed by atoms with Crippen LogP contribution in [-0.2, 0) is 13.0 Å². The minimum atomic E-state index is -0.948. The highest BCUT2D eigenvalue weighted by Gasteiger charge is 2.16. The fourth-order valence-corrected chi connectivity index (χ4v) is 2.95. The molecule has 0 aromatic carbocycles. The van der Waals surface area contributed by atoms with Crippen LogP contribution in [-0.4, -0.2) is 30.8 Å². The standard InChI is InChI=1S/C15H14N4O2S/c1-10-13(15(20)21)22-14(17-10)12-6-9-19(18-12)8-5-11-4-2-3-7-16-11/h2-4,6-7,9H,5,8H2,1H3,(H,20,21). The van der Waals surface area contributed by atoms with Crippen LogP contribution in [0.3, 0.4) is 0 Å². The Bertz CT molecular complexity index is 795. The Labute approximate surface area is 131 Å². The molecule has 7 heteroatoms. The van der Waals surface area contributed by atoms with Crippen molar-refractivity contribution in [2.75, 3.05) is 0 Å². The van der Waals surface area contributed by atoms with E-state index in [-0.39, 0.29) is 4.88 Å². The smallest absolute Gasteiger partial charge is 0.347 e. The largest absolute Gasteiger partial charge is 0.477 e. The number of carboxylic acid groups (broad SMARTS) is 1. The summed E-state index contributed by atoms with van der Waals surface area (Å²) in [4.78, 5) is 19.9. The Morgan fingerprint density at radius 3 is 2.91 bits per heavy atom. The monoisotopic (exact) mass is 314 g/mol. The molecule has 0 aliphatic carbocycles. The highest BCUT2D eigenvalue weighted by Crippen LogP contribution is 2.26. The number of thiazole rings is 1. The zero-order valence-corrected chi connectivity index (χ0v) is 12.7. The molecule has 0 unspecified atom stereocenters. The van der Waals surface area contributed by atoms with E-state index in [1.54, 1.807) is 13.1 Å². The lowest BCUT2D eigenvalue weighted by molar-refractivity contribution is 0.0701. The normalized spacial score (nSPS) is 10.8. The number of aromatic nitrogens is 4. The number of nitrogens with zero attached hydrogens (tertiary/aromatic N) is 4. The third-order valence-electron chi connectivity index (χ3n) is 3.17. The minimum absolute atomic E-state index is 0.262. The van der Waals surface area contributed by atoms with E-state index in [0.717, 1.165) is 23.5 Å². The topological polar surface area (TPSA) is 80.9 Å². The second-order valence-electron chi connectivity index (χ2n) is 4.77. The van der Waals surface area contributed by atoms with Gasteiger partial charge in [0.05, 0.1) is 5.69 Å². The maximum atomic E-state index is 11.1. The molecule has 112 valence electrons. The Morgan fingerprint density at radius 2 is 2.23 bits per heavy atom. The van der Waals surface area contributed by atoms with Gasteiger partial charge in [-0.05, 0) is 25.1 Å². The molecule has 3 aromatic heterocycles. The van der Waals surface area contributed by atoms with E-state index in [9.17, 15) is 4.79 Å². The lowest BCUT2D eigenvalue weighted by Gasteiger charge is -2.00. The first kappa shape index (κ1) is 14.4. The summed E-state index contributed by atoms with van der Waals surface area (Å²) in [6.45, 7) is 2.41. The Balaban J connectivity index is 1.73. The first-order valence-corrected chi connectivity index (χ1v) is 7.59. The molecular formula is C15H14N4O2S. The summed E-state index contributed by atoms with van der Waals surface area (Å²) in [6.07, 6.45) is 4.43. The van der Waals surface area contributed by atoms with Crippen molar-refractivity contribution < 1.29 is 9.90 Å². The van der Waals surface area contributed by atoms with Crippen molar-refractivity contribution in [1.29, 1.82) is 0 Å². The summed E-state index contributed by atoms with van der Waals surface area (Å²) in [7, 11) is 0. The Morgan fingerprint density at radius 1 is 1.36 bits per heavy atom. The third-order valence-corrected chi connectivity index (χ3v) is 4.34. The summed E-state index contributed by atoms with van der Waals surface area (Å²) in [5, 5.41) is 14.2. The summed E-state index contributed by atoms with van der Waals surface area (Å²) in [6, 6.07) is 7.68. The molecule has 0 radical (unpaired) electrons. The van der Waals surface area contributed by atoms with Crippen molar-refractivity contribution in [3.63, 3.8) is 0 Å². The average Bonchev–Trinajstić information content (AvgIpc) is 3.12. The summed E-state index contributed by atoms with van der Waals surface area (Å²) >= 11 is 1.15. The highest BCUT2D eigenvalue weighted by molar-refractivity contribution is 7.17. The van der Waals surface area contributed by atoms with Gasteiger partial charge in [0.1, 0.15) is 15.6 Å². The number of hydrogen-bond donors (Lipinski definition) is 1. The van der Waals surface area contributed by atoms with Crippen LogP contribution in [0.2, 0.25) is 0 Å². The molecule has 0 spiro atoms. The highest BCUT2D eigenvalue weighted by atomic mass is 32.1. The van der Waals surface area contributed by atoms with Crippen LogP contribution in [0.25, 0.3) is 10.7 Å². The molecule has 0 atom stereocenters. The zero-order valence-electron chi connectivity index (χ0n) is 11.9. The van der Waals surface area contributed by atoms with Crippen LogP contribution in [0.1, 0.15) is 21.1 Å². The number of aryl methyl sites for hydroxylation is 3. The van der Waals surface area contributed by atoms with Crippen LogP contribution in [0.15, 0.2) is 36.7 Å². The van der Waals surface area contributed by atoms with Crippen molar-refractivity contribution in [2.24, 2.45) is 0 Å². The first-order valence-electron chi connectivity index (χ1n) is 6.78. The number of carboxylic acids is 1. The molecule has 0 aliphatic rings. The van der Waals surface area contributed by atoms with Crippen LogP contribution in [0, 0.1) is 6.92 Å². The van der Waals surface area contributed by atoms with Crippen LogP contribution in [0.5, 0.6) is 0 Å². The fraction of sp³-hybridized carbons (Fsp3) is 0.200. The summed E-state index contributed by atoms with van der Waals surface area (Å²) in [5.41, 5.74) is 2.23. The van der Waals surface area contributed by atoms with E-state index in [4.69, 9.17) is 5.11 Å². The lowest BCUT2D eigenvalue weighted by atomic mass is 10.3. The van der Waals surface area contributed by atoms with E-state index in [2.05, 4.69) is 15.1 Å². The Kier molecular flexibility index (Phi) is 3.97. The molecule has 22 heavy (non-hydrogen) atoms. The quantitative estimate of drug-likeness (QED) is 0.783. The number of carbonyl (C=O) groups is 1. The molecule has 0 saturated carbocycles. The molecule has 0 amide bonds. The number of aromatic carboxylic acids is 1. The van der Waals surface area contributed by atoms with Crippen LogP contribution < -0.4 is 0 Å². The van der Waals surface area contributed by atoms with Crippen molar-refractivity contribution in [2.45, 2.75) is 19.9 Å². The molecule has 6 nitrogen and oxygen atoms in total. The maximum absolute atomic E-state index is 11.1. The van der Waals surface area contributed by atoms with E-state index in [0.29, 0.717) is 22.9 Å². The summed E-state index contributed by atoms with van der Waals surface area (Å²) in [5.74, 6) is -0.948.